The Morgan fingerprint density at radius 1 is 1.00 bits per heavy atom. The van der Waals surface area contributed by atoms with E-state index in [2.05, 4.69) is 0 Å². The summed E-state index contributed by atoms with van der Waals surface area (Å²) in [6.07, 6.45) is 0. The van der Waals surface area contributed by atoms with E-state index in [1.807, 2.05) is 32.0 Å². The normalized spacial score (nSPS) is 11.1. The molecule has 0 bridgehead atoms. The van der Waals surface area contributed by atoms with E-state index in [0.717, 1.165) is 11.1 Å². The number of hydrogen-bond donors (Lipinski definition) is 0. The number of benzene rings is 2. The Bertz CT molecular complexity index is 640. The number of ether oxygens (including phenoxy) is 1. The number of methoxy groups -OCH3 is 1. The number of carbonyl (C=O) groups is 1. The molecule has 2 rings (SSSR count). The summed E-state index contributed by atoms with van der Waals surface area (Å²) in [5, 5.41) is 0.522. The van der Waals surface area contributed by atoms with Gasteiger partial charge in [0.25, 0.3) is 0 Å². The Hall–Kier alpha value is -1.99. The van der Waals surface area contributed by atoms with Gasteiger partial charge in [0, 0.05) is 10.9 Å². The highest BCUT2D eigenvalue weighted by molar-refractivity contribution is 7.71. The zero-order valence-corrected chi connectivity index (χ0v) is 12.6. The van der Waals surface area contributed by atoms with Crippen LogP contribution < -0.4 is 10.0 Å². The van der Waals surface area contributed by atoms with E-state index in [-0.39, 0.29) is 5.52 Å². The Kier molecular flexibility index (Phi) is 4.31. The molecule has 0 fully saturated rings. The quantitative estimate of drug-likeness (QED) is 0.807. The second kappa shape index (κ2) is 5.98. The molecule has 0 spiro atoms. The van der Waals surface area contributed by atoms with Crippen LogP contribution in [0.2, 0.25) is 0 Å². The van der Waals surface area contributed by atoms with Crippen LogP contribution in [0.25, 0.3) is 0 Å². The van der Waals surface area contributed by atoms with Crippen LogP contribution in [0.4, 0.5) is 0 Å². The maximum atomic E-state index is 12.4. The summed E-state index contributed by atoms with van der Waals surface area (Å²) in [4.78, 5) is 12.4. The number of hydrogen-bond acceptors (Lipinski definition) is 3. The van der Waals surface area contributed by atoms with Gasteiger partial charge in [0.2, 0.25) is 5.52 Å². The zero-order valence-electron chi connectivity index (χ0n) is 11.7. The molecule has 2 aromatic rings. The van der Waals surface area contributed by atoms with Crippen molar-refractivity contribution in [3.05, 3.63) is 59.2 Å². The minimum Gasteiger partial charge on any atom is -0.497 e. The summed E-state index contributed by atoms with van der Waals surface area (Å²) < 4.78 is 17.5. The predicted octanol–water partition coefficient (Wildman–Crippen LogP) is 3.61. The lowest BCUT2D eigenvalue weighted by atomic mass is 10.0. The molecule has 0 heterocycles. The van der Waals surface area contributed by atoms with E-state index in [1.54, 1.807) is 31.4 Å². The van der Waals surface area contributed by atoms with E-state index in [9.17, 15) is 9.36 Å². The van der Waals surface area contributed by atoms with Gasteiger partial charge in [-0.3, -0.25) is 9.36 Å². The monoisotopic (exact) mass is 287 g/mol. The van der Waals surface area contributed by atoms with Crippen LogP contribution in [0.5, 0.6) is 5.75 Å². The average molecular weight is 287 g/mol. The molecule has 4 heteroatoms. The lowest BCUT2D eigenvalue weighted by molar-refractivity contribution is 0.107. The van der Waals surface area contributed by atoms with Crippen molar-refractivity contribution >= 4 is 18.6 Å². The van der Waals surface area contributed by atoms with Crippen LogP contribution in [-0.4, -0.2) is 12.6 Å². The van der Waals surface area contributed by atoms with Gasteiger partial charge in [-0.15, -0.1) is 0 Å². The fourth-order valence-corrected chi connectivity index (χ4v) is 3.30. The molecule has 0 saturated heterocycles. The SMILES string of the molecule is COc1ccc([P](=O)C(=O)c2c(C)cccc2C)cc1. The van der Waals surface area contributed by atoms with E-state index >= 15 is 0 Å². The van der Waals surface area contributed by atoms with Crippen LogP contribution in [0, 0.1) is 13.8 Å². The average Bonchev–Trinajstić information content (AvgIpc) is 2.46. The second-order valence-electron chi connectivity index (χ2n) is 4.56. The molecule has 0 aliphatic carbocycles. The van der Waals surface area contributed by atoms with Crippen LogP contribution in [0.1, 0.15) is 21.5 Å². The van der Waals surface area contributed by atoms with Crippen molar-refractivity contribution in [1.29, 1.82) is 0 Å². The molecule has 0 aliphatic rings. The van der Waals surface area contributed by atoms with Crippen LogP contribution in [-0.2, 0) is 4.57 Å². The highest BCUT2D eigenvalue weighted by Crippen LogP contribution is 2.30. The molecule has 0 aromatic heterocycles. The smallest absolute Gasteiger partial charge is 0.247 e. The van der Waals surface area contributed by atoms with E-state index in [0.29, 0.717) is 16.6 Å². The summed E-state index contributed by atoms with van der Waals surface area (Å²) in [5.74, 6) is 0.677. The largest absolute Gasteiger partial charge is 0.497 e. The van der Waals surface area contributed by atoms with Crippen molar-refractivity contribution < 1.29 is 14.1 Å². The van der Waals surface area contributed by atoms with Gasteiger partial charge < -0.3 is 4.74 Å². The van der Waals surface area contributed by atoms with Crippen molar-refractivity contribution in [2.24, 2.45) is 0 Å². The van der Waals surface area contributed by atoms with Crippen molar-refractivity contribution in [2.75, 3.05) is 7.11 Å². The first-order chi connectivity index (χ1) is 9.54. The third-order valence-electron chi connectivity index (χ3n) is 3.19. The molecule has 0 N–H and O–H groups in total. The molecular weight excluding hydrogens is 271 g/mol. The van der Waals surface area contributed by atoms with Gasteiger partial charge in [0.15, 0.2) is 7.80 Å². The molecular formula is C16H16O3P. The molecule has 2 aromatic carbocycles. The first-order valence-corrected chi connectivity index (χ1v) is 7.52. The van der Waals surface area contributed by atoms with Gasteiger partial charge in [0.05, 0.1) is 7.11 Å². The Morgan fingerprint density at radius 2 is 1.55 bits per heavy atom. The van der Waals surface area contributed by atoms with E-state index in [1.165, 1.54) is 0 Å². The standard InChI is InChI=1S/C16H16O3P/c1-11-5-4-6-12(2)15(11)16(17)20(18)14-9-7-13(19-3)8-10-14/h4-10H,1-3H3. The molecule has 103 valence electrons. The predicted molar refractivity (Wildman–Crippen MR) is 80.5 cm³/mol. The summed E-state index contributed by atoms with van der Waals surface area (Å²) in [7, 11) is -0.541. The molecule has 3 nitrogen and oxygen atoms in total. The molecule has 0 aliphatic heterocycles. The third kappa shape index (κ3) is 2.78. The highest BCUT2D eigenvalue weighted by Gasteiger charge is 2.20. The fourth-order valence-electron chi connectivity index (χ4n) is 2.09. The first-order valence-electron chi connectivity index (χ1n) is 6.26. The molecule has 20 heavy (non-hydrogen) atoms. The molecule has 1 unspecified atom stereocenters. The van der Waals surface area contributed by atoms with Gasteiger partial charge in [-0.1, -0.05) is 18.2 Å². The summed E-state index contributed by atoms with van der Waals surface area (Å²) in [6.45, 7) is 3.72. The van der Waals surface area contributed by atoms with Gasteiger partial charge in [-0.05, 0) is 49.2 Å². The fraction of sp³-hybridized carbons (Fsp3) is 0.188. The Morgan fingerprint density at radius 3 is 2.05 bits per heavy atom. The lowest BCUT2D eigenvalue weighted by Crippen LogP contribution is -2.07. The Balaban J connectivity index is 2.35. The summed E-state index contributed by atoms with van der Waals surface area (Å²) in [5.41, 5.74) is 1.95. The minimum atomic E-state index is -2.11. The highest BCUT2D eigenvalue weighted by atomic mass is 31.1. The molecule has 0 saturated carbocycles. The number of rotatable bonds is 4. The Labute approximate surface area is 119 Å². The summed E-state index contributed by atoms with van der Waals surface area (Å²) >= 11 is 0. The molecule has 1 radical (unpaired) electrons. The second-order valence-corrected chi connectivity index (χ2v) is 6.08. The van der Waals surface area contributed by atoms with Crippen molar-refractivity contribution in [2.45, 2.75) is 13.8 Å². The summed E-state index contributed by atoms with van der Waals surface area (Å²) in [6, 6.07) is 12.4. The van der Waals surface area contributed by atoms with Gasteiger partial charge in [-0.2, -0.15) is 0 Å². The van der Waals surface area contributed by atoms with Gasteiger partial charge >= 0.3 is 0 Å². The number of aryl methyl sites for hydroxylation is 2. The van der Waals surface area contributed by atoms with Gasteiger partial charge in [-0.25, -0.2) is 0 Å². The topological polar surface area (TPSA) is 43.4 Å². The maximum Gasteiger partial charge on any atom is 0.247 e. The van der Waals surface area contributed by atoms with E-state index in [4.69, 9.17) is 4.74 Å². The van der Waals surface area contributed by atoms with Crippen LogP contribution >= 0.6 is 7.80 Å². The minimum absolute atomic E-state index is 0.319. The van der Waals surface area contributed by atoms with Crippen molar-refractivity contribution in [3.8, 4) is 5.75 Å². The third-order valence-corrected chi connectivity index (χ3v) is 4.55. The maximum absolute atomic E-state index is 12.4. The van der Waals surface area contributed by atoms with Gasteiger partial charge in [0.1, 0.15) is 5.75 Å². The zero-order chi connectivity index (χ0) is 14.7. The van der Waals surface area contributed by atoms with Crippen LogP contribution in [0.15, 0.2) is 42.5 Å². The molecule has 1 atom stereocenters. The lowest BCUT2D eigenvalue weighted by Gasteiger charge is -2.08. The molecule has 0 amide bonds. The van der Waals surface area contributed by atoms with Crippen molar-refractivity contribution in [1.82, 2.24) is 0 Å². The van der Waals surface area contributed by atoms with E-state index < -0.39 is 7.80 Å². The number of carbonyl (C=O) groups excluding carboxylic acids is 1. The van der Waals surface area contributed by atoms with Crippen LogP contribution in [0.3, 0.4) is 0 Å². The first kappa shape index (κ1) is 14.4. The van der Waals surface area contributed by atoms with Crippen molar-refractivity contribution in [3.63, 3.8) is 0 Å².